The van der Waals surface area contributed by atoms with Crippen LogP contribution in [0.4, 0.5) is 5.69 Å². The Balaban J connectivity index is 1.94. The zero-order chi connectivity index (χ0) is 13.7. The number of rotatable bonds is 4. The molecule has 0 aliphatic heterocycles. The molecule has 0 aliphatic rings. The molecule has 2 N–H and O–H groups in total. The van der Waals surface area contributed by atoms with Crippen molar-refractivity contribution in [1.82, 2.24) is 9.88 Å². The fourth-order valence-corrected chi connectivity index (χ4v) is 1.79. The number of hydrogen-bond donors (Lipinski definition) is 1. The number of hydrogen-bond acceptors (Lipinski definition) is 3. The first-order valence-corrected chi connectivity index (χ1v) is 6.17. The number of pyridine rings is 1. The van der Waals surface area contributed by atoms with E-state index in [9.17, 15) is 4.79 Å². The van der Waals surface area contributed by atoms with E-state index < -0.39 is 0 Å². The minimum atomic E-state index is 0.00360. The molecule has 0 radical (unpaired) electrons. The average molecular weight is 255 g/mol. The first-order valence-electron chi connectivity index (χ1n) is 6.17. The fourth-order valence-electron chi connectivity index (χ4n) is 1.79. The van der Waals surface area contributed by atoms with Gasteiger partial charge in [0.15, 0.2) is 0 Å². The van der Waals surface area contributed by atoms with Crippen LogP contribution in [-0.4, -0.2) is 29.4 Å². The lowest BCUT2D eigenvalue weighted by molar-refractivity contribution is 0.0796. The molecular weight excluding hydrogens is 238 g/mol. The van der Waals surface area contributed by atoms with Crippen LogP contribution in [-0.2, 0) is 6.42 Å². The molecule has 0 unspecified atom stereocenters. The molecule has 19 heavy (non-hydrogen) atoms. The molecule has 98 valence electrons. The first-order chi connectivity index (χ1) is 9.16. The van der Waals surface area contributed by atoms with Crippen molar-refractivity contribution < 1.29 is 4.79 Å². The molecule has 0 atom stereocenters. The number of anilines is 1. The van der Waals surface area contributed by atoms with Gasteiger partial charge in [-0.2, -0.15) is 0 Å². The maximum atomic E-state index is 12.1. The lowest BCUT2D eigenvalue weighted by Gasteiger charge is -2.17. The Morgan fingerprint density at radius 1 is 1.26 bits per heavy atom. The molecule has 1 amide bonds. The molecule has 1 aromatic heterocycles. The summed E-state index contributed by atoms with van der Waals surface area (Å²) in [7, 11) is 1.80. The Kier molecular flexibility index (Phi) is 4.13. The van der Waals surface area contributed by atoms with Gasteiger partial charge in [0.1, 0.15) is 0 Å². The monoisotopic (exact) mass is 255 g/mol. The summed E-state index contributed by atoms with van der Waals surface area (Å²) < 4.78 is 0. The van der Waals surface area contributed by atoms with Crippen LogP contribution >= 0.6 is 0 Å². The van der Waals surface area contributed by atoms with Gasteiger partial charge in [-0.15, -0.1) is 0 Å². The van der Waals surface area contributed by atoms with Crippen molar-refractivity contribution >= 4 is 11.6 Å². The van der Waals surface area contributed by atoms with Gasteiger partial charge in [0.2, 0.25) is 0 Å². The SMILES string of the molecule is CN(CCc1cccnc1)C(=O)c1ccc(N)cc1. The van der Waals surface area contributed by atoms with E-state index in [1.54, 1.807) is 42.4 Å². The van der Waals surface area contributed by atoms with Crippen molar-refractivity contribution in [2.24, 2.45) is 0 Å². The highest BCUT2D eigenvalue weighted by atomic mass is 16.2. The molecule has 0 fully saturated rings. The number of aromatic nitrogens is 1. The summed E-state index contributed by atoms with van der Waals surface area (Å²) in [6, 6.07) is 10.9. The number of nitrogens with zero attached hydrogens (tertiary/aromatic N) is 2. The van der Waals surface area contributed by atoms with Crippen molar-refractivity contribution in [2.45, 2.75) is 6.42 Å². The van der Waals surface area contributed by atoms with Gasteiger partial charge in [0, 0.05) is 37.2 Å². The van der Waals surface area contributed by atoms with Crippen LogP contribution in [0.2, 0.25) is 0 Å². The summed E-state index contributed by atoms with van der Waals surface area (Å²) in [5.41, 5.74) is 8.05. The summed E-state index contributed by atoms with van der Waals surface area (Å²) in [5, 5.41) is 0. The average Bonchev–Trinajstić information content (AvgIpc) is 2.46. The molecule has 2 rings (SSSR count). The van der Waals surface area contributed by atoms with Gasteiger partial charge in [-0.1, -0.05) is 6.07 Å². The summed E-state index contributed by atoms with van der Waals surface area (Å²) >= 11 is 0. The number of nitrogens with two attached hydrogens (primary N) is 1. The topological polar surface area (TPSA) is 59.2 Å². The molecule has 0 bridgehead atoms. The van der Waals surface area contributed by atoms with Gasteiger partial charge in [-0.25, -0.2) is 0 Å². The van der Waals surface area contributed by atoms with Crippen molar-refractivity contribution in [1.29, 1.82) is 0 Å². The molecule has 0 aliphatic carbocycles. The standard InChI is InChI=1S/C15H17N3O/c1-18(10-8-12-3-2-9-17-11-12)15(19)13-4-6-14(16)7-5-13/h2-7,9,11H,8,10,16H2,1H3. The highest BCUT2D eigenvalue weighted by Gasteiger charge is 2.11. The summed E-state index contributed by atoms with van der Waals surface area (Å²) in [6.45, 7) is 0.662. The van der Waals surface area contributed by atoms with E-state index in [1.165, 1.54) is 0 Å². The smallest absolute Gasteiger partial charge is 0.253 e. The van der Waals surface area contributed by atoms with Crippen molar-refractivity contribution in [2.75, 3.05) is 19.3 Å². The molecule has 0 saturated heterocycles. The normalized spacial score (nSPS) is 10.2. The van der Waals surface area contributed by atoms with Crippen molar-refractivity contribution in [3.8, 4) is 0 Å². The lowest BCUT2D eigenvalue weighted by atomic mass is 10.1. The lowest BCUT2D eigenvalue weighted by Crippen LogP contribution is -2.28. The van der Waals surface area contributed by atoms with Crippen LogP contribution in [0.1, 0.15) is 15.9 Å². The Bertz CT molecular complexity index is 537. The minimum absolute atomic E-state index is 0.00360. The van der Waals surface area contributed by atoms with Gasteiger partial charge < -0.3 is 10.6 Å². The van der Waals surface area contributed by atoms with E-state index in [1.807, 2.05) is 18.3 Å². The Morgan fingerprint density at radius 2 is 2.00 bits per heavy atom. The second-order valence-electron chi connectivity index (χ2n) is 4.46. The molecule has 1 heterocycles. The minimum Gasteiger partial charge on any atom is -0.399 e. The van der Waals surface area contributed by atoms with Gasteiger partial charge >= 0.3 is 0 Å². The maximum Gasteiger partial charge on any atom is 0.253 e. The number of carbonyl (C=O) groups excluding carboxylic acids is 1. The largest absolute Gasteiger partial charge is 0.399 e. The second kappa shape index (κ2) is 6.00. The molecule has 4 nitrogen and oxygen atoms in total. The van der Waals surface area contributed by atoms with Crippen LogP contribution in [0.3, 0.4) is 0 Å². The maximum absolute atomic E-state index is 12.1. The Morgan fingerprint density at radius 3 is 2.63 bits per heavy atom. The molecule has 2 aromatic rings. The van der Waals surface area contributed by atoms with E-state index in [4.69, 9.17) is 5.73 Å². The zero-order valence-corrected chi connectivity index (χ0v) is 10.9. The van der Waals surface area contributed by atoms with Gasteiger partial charge in [-0.05, 0) is 42.3 Å². The van der Waals surface area contributed by atoms with Gasteiger partial charge in [0.05, 0.1) is 0 Å². The van der Waals surface area contributed by atoms with E-state index in [-0.39, 0.29) is 5.91 Å². The number of benzene rings is 1. The number of likely N-dealkylation sites (N-methyl/N-ethyl adjacent to an activating group) is 1. The molecule has 0 saturated carbocycles. The quantitative estimate of drug-likeness (QED) is 0.850. The third kappa shape index (κ3) is 3.55. The number of amides is 1. The number of carbonyl (C=O) groups is 1. The third-order valence-corrected chi connectivity index (χ3v) is 2.96. The van der Waals surface area contributed by atoms with Crippen LogP contribution in [0.5, 0.6) is 0 Å². The van der Waals surface area contributed by atoms with Gasteiger partial charge in [-0.3, -0.25) is 9.78 Å². The van der Waals surface area contributed by atoms with Crippen LogP contribution in [0.25, 0.3) is 0 Å². The van der Waals surface area contributed by atoms with Crippen molar-refractivity contribution in [3.05, 3.63) is 59.9 Å². The molecule has 4 heteroatoms. The van der Waals surface area contributed by atoms with E-state index in [0.29, 0.717) is 17.8 Å². The van der Waals surface area contributed by atoms with Crippen LogP contribution in [0, 0.1) is 0 Å². The van der Waals surface area contributed by atoms with E-state index in [2.05, 4.69) is 4.98 Å². The number of nitrogen functional groups attached to an aromatic ring is 1. The Hall–Kier alpha value is -2.36. The predicted molar refractivity (Wildman–Crippen MR) is 75.8 cm³/mol. The summed E-state index contributed by atoms with van der Waals surface area (Å²) in [6.07, 6.45) is 4.36. The van der Waals surface area contributed by atoms with Crippen LogP contribution < -0.4 is 5.73 Å². The highest BCUT2D eigenvalue weighted by Crippen LogP contribution is 2.08. The summed E-state index contributed by atoms with van der Waals surface area (Å²) in [4.78, 5) is 17.9. The van der Waals surface area contributed by atoms with E-state index >= 15 is 0 Å². The second-order valence-corrected chi connectivity index (χ2v) is 4.46. The molecule has 0 spiro atoms. The molecule has 1 aromatic carbocycles. The van der Waals surface area contributed by atoms with Gasteiger partial charge in [0.25, 0.3) is 5.91 Å². The fraction of sp³-hybridized carbons (Fsp3) is 0.200. The highest BCUT2D eigenvalue weighted by molar-refractivity contribution is 5.94. The summed E-state index contributed by atoms with van der Waals surface area (Å²) in [5.74, 6) is 0.00360. The van der Waals surface area contributed by atoms with Crippen LogP contribution in [0.15, 0.2) is 48.8 Å². The first kappa shape index (κ1) is 13.1. The van der Waals surface area contributed by atoms with Crippen molar-refractivity contribution in [3.63, 3.8) is 0 Å². The third-order valence-electron chi connectivity index (χ3n) is 2.96. The Labute approximate surface area is 112 Å². The zero-order valence-electron chi connectivity index (χ0n) is 10.9. The van der Waals surface area contributed by atoms with E-state index in [0.717, 1.165) is 12.0 Å². The predicted octanol–water partition coefficient (Wildman–Crippen LogP) is 1.98. The molecular formula is C15H17N3O.